The molecule has 0 aromatic heterocycles. The lowest BCUT2D eigenvalue weighted by Gasteiger charge is -2.30. The maximum absolute atomic E-state index is 11.9. The maximum Gasteiger partial charge on any atom is 0.243 e. The predicted octanol–water partition coefficient (Wildman–Crippen LogP) is 2.56. The Kier molecular flexibility index (Phi) is 9.93. The molecule has 1 saturated heterocycles. The van der Waals surface area contributed by atoms with E-state index in [0.717, 1.165) is 19.4 Å². The quantitative estimate of drug-likeness (QED) is 0.391. The topological polar surface area (TPSA) is 66.0 Å². The molecule has 146 valence electrons. The summed E-state index contributed by atoms with van der Waals surface area (Å²) < 4.78 is 5.61. The third-order valence-electron chi connectivity index (χ3n) is 4.35. The molecule has 2 rings (SSSR count). The lowest BCUT2D eigenvalue weighted by molar-refractivity contribution is -0.127. The zero-order valence-corrected chi connectivity index (χ0v) is 18.4. The van der Waals surface area contributed by atoms with E-state index < -0.39 is 0 Å². The molecule has 26 heavy (non-hydrogen) atoms. The summed E-state index contributed by atoms with van der Waals surface area (Å²) in [4.78, 5) is 17.9. The van der Waals surface area contributed by atoms with Crippen LogP contribution in [-0.2, 0) is 9.53 Å². The van der Waals surface area contributed by atoms with Gasteiger partial charge in [0.15, 0.2) is 5.96 Å². The second kappa shape index (κ2) is 11.4. The van der Waals surface area contributed by atoms with Crippen molar-refractivity contribution < 1.29 is 9.53 Å². The van der Waals surface area contributed by atoms with Crippen molar-refractivity contribution in [3.63, 3.8) is 0 Å². The fourth-order valence-electron chi connectivity index (χ4n) is 2.77. The lowest BCUT2D eigenvalue weighted by Crippen LogP contribution is -2.48. The van der Waals surface area contributed by atoms with Crippen molar-refractivity contribution in [2.45, 2.75) is 44.9 Å². The Balaban J connectivity index is 0.00000338. The molecule has 7 heteroatoms. The van der Waals surface area contributed by atoms with Gasteiger partial charge in [-0.2, -0.15) is 0 Å². The van der Waals surface area contributed by atoms with Gasteiger partial charge in [0.05, 0.1) is 12.1 Å². The van der Waals surface area contributed by atoms with Gasteiger partial charge < -0.3 is 20.3 Å². The molecule has 1 fully saturated rings. The third kappa shape index (κ3) is 7.49. The molecule has 1 aliphatic rings. The Morgan fingerprint density at radius 2 is 2.04 bits per heavy atom. The van der Waals surface area contributed by atoms with E-state index in [1.54, 1.807) is 19.0 Å². The summed E-state index contributed by atoms with van der Waals surface area (Å²) in [5, 5.41) is 6.89. The molecule has 6 nitrogen and oxygen atoms in total. The first-order valence-corrected chi connectivity index (χ1v) is 8.90. The highest BCUT2D eigenvalue weighted by atomic mass is 127. The summed E-state index contributed by atoms with van der Waals surface area (Å²) in [5.41, 5.74) is 1.18. The number of benzene rings is 1. The number of carbonyl (C=O) groups excluding carboxylic acids is 1. The fraction of sp³-hybridized carbons (Fsp3) is 0.579. The molecule has 0 spiro atoms. The molecule has 3 atom stereocenters. The second-order valence-electron chi connectivity index (χ2n) is 6.78. The van der Waals surface area contributed by atoms with Gasteiger partial charge in [-0.15, -0.1) is 24.0 Å². The Hall–Kier alpha value is -1.35. The van der Waals surface area contributed by atoms with Gasteiger partial charge in [-0.3, -0.25) is 4.79 Å². The largest absolute Gasteiger partial charge is 0.378 e. The van der Waals surface area contributed by atoms with Gasteiger partial charge in [-0.1, -0.05) is 30.3 Å². The predicted molar refractivity (Wildman–Crippen MR) is 116 cm³/mol. The molecular weight excluding hydrogens is 443 g/mol. The SMILES string of the molecule is CC1CC(NC(=NCC(=O)N(C)C)NC(C)c2ccccc2)CCO1.I. The Morgan fingerprint density at radius 3 is 2.65 bits per heavy atom. The smallest absolute Gasteiger partial charge is 0.243 e. The zero-order valence-electron chi connectivity index (χ0n) is 16.1. The standard InChI is InChI=1S/C19H30N4O2.HI/c1-14-12-17(10-11-25-14)22-19(20-13-18(24)23(3)4)21-15(2)16-8-6-5-7-9-16;/h5-9,14-15,17H,10-13H2,1-4H3,(H2,20,21,22);1H. The van der Waals surface area contributed by atoms with E-state index in [0.29, 0.717) is 12.0 Å². The van der Waals surface area contributed by atoms with Crippen molar-refractivity contribution in [2.75, 3.05) is 27.2 Å². The average Bonchev–Trinajstić information content (AvgIpc) is 2.60. The molecular formula is C19H31IN4O2. The number of halogens is 1. The number of ether oxygens (including phenoxy) is 1. The van der Waals surface area contributed by atoms with Gasteiger partial charge in [-0.05, 0) is 32.3 Å². The Labute approximate surface area is 173 Å². The molecule has 1 heterocycles. The van der Waals surface area contributed by atoms with Crippen molar-refractivity contribution in [1.82, 2.24) is 15.5 Å². The molecule has 1 aromatic rings. The van der Waals surface area contributed by atoms with Gasteiger partial charge in [0, 0.05) is 26.7 Å². The van der Waals surface area contributed by atoms with Crippen LogP contribution in [0.4, 0.5) is 0 Å². The van der Waals surface area contributed by atoms with E-state index in [1.165, 1.54) is 5.56 Å². The lowest BCUT2D eigenvalue weighted by atomic mass is 10.0. The minimum Gasteiger partial charge on any atom is -0.378 e. The minimum absolute atomic E-state index is 0. The molecule has 3 unspecified atom stereocenters. The van der Waals surface area contributed by atoms with Gasteiger partial charge >= 0.3 is 0 Å². The minimum atomic E-state index is -0.0196. The highest BCUT2D eigenvalue weighted by molar-refractivity contribution is 14.0. The number of amides is 1. The Bertz CT molecular complexity index is 580. The highest BCUT2D eigenvalue weighted by Crippen LogP contribution is 2.14. The first-order valence-electron chi connectivity index (χ1n) is 8.90. The molecule has 0 aliphatic carbocycles. The van der Waals surface area contributed by atoms with Crippen LogP contribution in [-0.4, -0.2) is 56.2 Å². The molecule has 0 radical (unpaired) electrons. The van der Waals surface area contributed by atoms with Crippen LogP contribution in [0.1, 0.15) is 38.3 Å². The summed E-state index contributed by atoms with van der Waals surface area (Å²) in [6.45, 7) is 5.05. The van der Waals surface area contributed by atoms with Crippen LogP contribution in [0.2, 0.25) is 0 Å². The van der Waals surface area contributed by atoms with Crippen molar-refractivity contribution in [3.05, 3.63) is 35.9 Å². The zero-order chi connectivity index (χ0) is 18.2. The van der Waals surface area contributed by atoms with Crippen molar-refractivity contribution in [1.29, 1.82) is 0 Å². The number of aliphatic imine (C=N–C) groups is 1. The van der Waals surface area contributed by atoms with Gasteiger partial charge in [0.2, 0.25) is 5.91 Å². The average molecular weight is 474 g/mol. The second-order valence-corrected chi connectivity index (χ2v) is 6.78. The van der Waals surface area contributed by atoms with E-state index in [2.05, 4.69) is 41.6 Å². The number of hydrogen-bond acceptors (Lipinski definition) is 3. The van der Waals surface area contributed by atoms with Crippen LogP contribution in [0.15, 0.2) is 35.3 Å². The van der Waals surface area contributed by atoms with Crippen LogP contribution in [0.25, 0.3) is 0 Å². The van der Waals surface area contributed by atoms with E-state index in [1.807, 2.05) is 18.2 Å². The molecule has 1 aliphatic heterocycles. The van der Waals surface area contributed by atoms with Crippen LogP contribution >= 0.6 is 24.0 Å². The first-order chi connectivity index (χ1) is 12.0. The van der Waals surface area contributed by atoms with E-state index in [-0.39, 0.29) is 48.6 Å². The third-order valence-corrected chi connectivity index (χ3v) is 4.35. The van der Waals surface area contributed by atoms with Crippen LogP contribution < -0.4 is 10.6 Å². The summed E-state index contributed by atoms with van der Waals surface area (Å²) in [7, 11) is 3.48. The number of guanidine groups is 1. The van der Waals surface area contributed by atoms with Crippen LogP contribution in [0.5, 0.6) is 0 Å². The van der Waals surface area contributed by atoms with Crippen molar-refractivity contribution >= 4 is 35.8 Å². The molecule has 1 aromatic carbocycles. The van der Waals surface area contributed by atoms with Crippen LogP contribution in [0.3, 0.4) is 0 Å². The number of nitrogens with one attached hydrogen (secondary N) is 2. The summed E-state index contributed by atoms with van der Waals surface area (Å²) in [5.74, 6) is 0.652. The van der Waals surface area contributed by atoms with E-state index >= 15 is 0 Å². The summed E-state index contributed by atoms with van der Waals surface area (Å²) in [6.07, 6.45) is 2.11. The number of rotatable bonds is 5. The number of likely N-dealkylation sites (N-methyl/N-ethyl adjacent to an activating group) is 1. The van der Waals surface area contributed by atoms with Gasteiger partial charge in [0.25, 0.3) is 0 Å². The monoisotopic (exact) mass is 474 g/mol. The van der Waals surface area contributed by atoms with Crippen molar-refractivity contribution in [2.24, 2.45) is 4.99 Å². The number of nitrogens with zero attached hydrogens (tertiary/aromatic N) is 2. The van der Waals surface area contributed by atoms with E-state index in [9.17, 15) is 4.79 Å². The molecule has 1 amide bonds. The van der Waals surface area contributed by atoms with Crippen molar-refractivity contribution in [3.8, 4) is 0 Å². The van der Waals surface area contributed by atoms with Crippen LogP contribution in [0, 0.1) is 0 Å². The molecule has 2 N–H and O–H groups in total. The fourth-order valence-corrected chi connectivity index (χ4v) is 2.77. The van der Waals surface area contributed by atoms with Gasteiger partial charge in [0.1, 0.15) is 6.54 Å². The first kappa shape index (κ1) is 22.7. The molecule has 0 saturated carbocycles. The molecule has 0 bridgehead atoms. The number of carbonyl (C=O) groups is 1. The summed E-state index contributed by atoms with van der Waals surface area (Å²) in [6, 6.07) is 10.6. The van der Waals surface area contributed by atoms with Gasteiger partial charge in [-0.25, -0.2) is 4.99 Å². The summed E-state index contributed by atoms with van der Waals surface area (Å²) >= 11 is 0. The normalized spacial score (nSPS) is 21.3. The van der Waals surface area contributed by atoms with E-state index in [4.69, 9.17) is 4.74 Å². The number of hydrogen-bond donors (Lipinski definition) is 2. The Morgan fingerprint density at radius 1 is 1.35 bits per heavy atom. The maximum atomic E-state index is 11.9. The highest BCUT2D eigenvalue weighted by Gasteiger charge is 2.21.